The number of piperidine rings is 1. The number of hydrogen-bond donors (Lipinski definition) is 2. The maximum Gasteiger partial charge on any atom is 0.238 e. The van der Waals surface area contributed by atoms with Crippen molar-refractivity contribution in [3.05, 3.63) is 30.1 Å². The van der Waals surface area contributed by atoms with Crippen LogP contribution in [0.5, 0.6) is 0 Å². The van der Waals surface area contributed by atoms with Crippen LogP contribution in [0.4, 0.5) is 10.1 Å². The Balaban J connectivity index is 1.53. The summed E-state index contributed by atoms with van der Waals surface area (Å²) >= 11 is 0. The van der Waals surface area contributed by atoms with E-state index in [1.54, 1.807) is 18.2 Å². The molecule has 1 amide bonds. The minimum Gasteiger partial charge on any atom is -0.322 e. The van der Waals surface area contributed by atoms with E-state index in [4.69, 9.17) is 0 Å². The fraction of sp³-hybridized carbons (Fsp3) is 0.533. The van der Waals surface area contributed by atoms with Crippen LogP contribution < -0.4 is 10.6 Å². The Morgan fingerprint density at radius 3 is 3.00 bits per heavy atom. The zero-order valence-corrected chi connectivity index (χ0v) is 11.4. The van der Waals surface area contributed by atoms with Gasteiger partial charge in [-0.15, -0.1) is 0 Å². The summed E-state index contributed by atoms with van der Waals surface area (Å²) in [7, 11) is 0. The van der Waals surface area contributed by atoms with Gasteiger partial charge in [0.1, 0.15) is 5.82 Å². The maximum atomic E-state index is 13.5. The third-order valence-corrected chi connectivity index (χ3v) is 4.30. The first kappa shape index (κ1) is 13.5. The highest BCUT2D eigenvalue weighted by atomic mass is 19.1. The molecular weight excluding hydrogens is 257 g/mol. The lowest BCUT2D eigenvalue weighted by Gasteiger charge is -2.33. The van der Waals surface area contributed by atoms with Crippen LogP contribution in [0.1, 0.15) is 6.42 Å². The lowest BCUT2D eigenvalue weighted by molar-refractivity contribution is -0.117. The Bertz CT molecular complexity index is 494. The van der Waals surface area contributed by atoms with Gasteiger partial charge in [0.25, 0.3) is 0 Å². The van der Waals surface area contributed by atoms with Gasteiger partial charge in [-0.3, -0.25) is 9.69 Å². The number of para-hydroxylation sites is 1. The van der Waals surface area contributed by atoms with Crippen molar-refractivity contribution < 1.29 is 9.18 Å². The summed E-state index contributed by atoms with van der Waals surface area (Å²) in [6.07, 6.45) is 1.14. The third kappa shape index (κ3) is 2.99. The Morgan fingerprint density at radius 1 is 1.35 bits per heavy atom. The second kappa shape index (κ2) is 5.89. The van der Waals surface area contributed by atoms with Crippen LogP contribution >= 0.6 is 0 Å². The van der Waals surface area contributed by atoms with E-state index in [-0.39, 0.29) is 17.4 Å². The van der Waals surface area contributed by atoms with Gasteiger partial charge in [-0.25, -0.2) is 4.39 Å². The number of anilines is 1. The zero-order chi connectivity index (χ0) is 13.9. The molecule has 2 aliphatic rings. The molecule has 0 spiro atoms. The van der Waals surface area contributed by atoms with E-state index in [1.807, 2.05) is 0 Å². The van der Waals surface area contributed by atoms with E-state index in [0.29, 0.717) is 12.5 Å². The lowest BCUT2D eigenvalue weighted by Crippen LogP contribution is -2.43. The monoisotopic (exact) mass is 277 g/mol. The lowest BCUT2D eigenvalue weighted by atomic mass is 9.89. The van der Waals surface area contributed by atoms with Gasteiger partial charge in [0.2, 0.25) is 5.91 Å². The molecule has 2 unspecified atom stereocenters. The largest absolute Gasteiger partial charge is 0.322 e. The quantitative estimate of drug-likeness (QED) is 0.875. The van der Waals surface area contributed by atoms with Crippen molar-refractivity contribution >= 4 is 11.6 Å². The molecule has 0 aromatic heterocycles. The van der Waals surface area contributed by atoms with Gasteiger partial charge < -0.3 is 10.6 Å². The predicted octanol–water partition coefficient (Wildman–Crippen LogP) is 1.31. The van der Waals surface area contributed by atoms with E-state index >= 15 is 0 Å². The Kier molecular flexibility index (Phi) is 3.98. The number of nitrogens with zero attached hydrogens (tertiary/aromatic N) is 1. The van der Waals surface area contributed by atoms with Crippen LogP contribution in [0, 0.1) is 17.7 Å². The van der Waals surface area contributed by atoms with E-state index in [9.17, 15) is 9.18 Å². The number of likely N-dealkylation sites (tertiary alicyclic amines) is 1. The smallest absolute Gasteiger partial charge is 0.238 e. The summed E-state index contributed by atoms with van der Waals surface area (Å²) < 4.78 is 13.5. The molecule has 2 heterocycles. The molecule has 20 heavy (non-hydrogen) atoms. The molecule has 2 aliphatic heterocycles. The predicted molar refractivity (Wildman–Crippen MR) is 75.9 cm³/mol. The molecule has 2 atom stereocenters. The van der Waals surface area contributed by atoms with Crippen LogP contribution in [0.15, 0.2) is 24.3 Å². The average Bonchev–Trinajstić information content (AvgIpc) is 2.89. The van der Waals surface area contributed by atoms with Crippen LogP contribution in [-0.4, -0.2) is 43.5 Å². The minimum absolute atomic E-state index is 0.139. The van der Waals surface area contributed by atoms with Crippen LogP contribution in [0.3, 0.4) is 0 Å². The van der Waals surface area contributed by atoms with Crippen molar-refractivity contribution in [1.29, 1.82) is 0 Å². The number of nitrogens with one attached hydrogen (secondary N) is 2. The standard InChI is InChI=1S/C15H20FN3O/c16-13-3-1-2-4-14(13)18-15(20)10-19-6-5-11-7-17-8-12(11)9-19/h1-4,11-12,17H,5-10H2,(H,18,20). The number of benzene rings is 1. The molecule has 2 fully saturated rings. The van der Waals surface area contributed by atoms with Crippen molar-refractivity contribution in [2.45, 2.75) is 6.42 Å². The van der Waals surface area contributed by atoms with Gasteiger partial charge in [-0.1, -0.05) is 12.1 Å². The molecule has 108 valence electrons. The summed E-state index contributed by atoms with van der Waals surface area (Å²) in [4.78, 5) is 14.2. The molecule has 1 aromatic carbocycles. The van der Waals surface area contributed by atoms with Gasteiger partial charge in [-0.05, 0) is 50.0 Å². The minimum atomic E-state index is -0.389. The molecule has 0 bridgehead atoms. The molecule has 2 N–H and O–H groups in total. The molecule has 2 saturated heterocycles. The van der Waals surface area contributed by atoms with Crippen molar-refractivity contribution in [3.63, 3.8) is 0 Å². The van der Waals surface area contributed by atoms with E-state index < -0.39 is 0 Å². The third-order valence-electron chi connectivity index (χ3n) is 4.30. The number of halogens is 1. The highest BCUT2D eigenvalue weighted by Crippen LogP contribution is 2.26. The maximum absolute atomic E-state index is 13.5. The van der Waals surface area contributed by atoms with Gasteiger partial charge in [0.15, 0.2) is 0 Å². The van der Waals surface area contributed by atoms with Crippen molar-refractivity contribution in [1.82, 2.24) is 10.2 Å². The number of fused-ring (bicyclic) bond motifs is 1. The normalized spacial score (nSPS) is 26.2. The number of amides is 1. The highest BCUT2D eigenvalue weighted by Gasteiger charge is 2.33. The summed E-state index contributed by atoms with van der Waals surface area (Å²) in [6.45, 7) is 4.42. The van der Waals surface area contributed by atoms with Crippen molar-refractivity contribution in [3.8, 4) is 0 Å². The number of carbonyl (C=O) groups excluding carboxylic acids is 1. The van der Waals surface area contributed by atoms with Crippen LogP contribution in [-0.2, 0) is 4.79 Å². The molecule has 3 rings (SSSR count). The van der Waals surface area contributed by atoms with Gasteiger partial charge in [0.05, 0.1) is 12.2 Å². The molecule has 0 aliphatic carbocycles. The average molecular weight is 277 g/mol. The van der Waals surface area contributed by atoms with Gasteiger partial charge >= 0.3 is 0 Å². The second-order valence-corrected chi connectivity index (χ2v) is 5.73. The SMILES string of the molecule is O=C(CN1CCC2CNCC2C1)Nc1ccccc1F. The summed E-state index contributed by atoms with van der Waals surface area (Å²) in [5, 5.41) is 6.05. The molecule has 5 heteroatoms. The zero-order valence-electron chi connectivity index (χ0n) is 11.4. The van der Waals surface area contributed by atoms with Crippen molar-refractivity contribution in [2.75, 3.05) is 38.0 Å². The second-order valence-electron chi connectivity index (χ2n) is 5.73. The first-order valence-electron chi connectivity index (χ1n) is 7.20. The molecule has 4 nitrogen and oxygen atoms in total. The van der Waals surface area contributed by atoms with E-state index in [0.717, 1.165) is 38.5 Å². The Labute approximate surface area is 118 Å². The number of carbonyl (C=O) groups is 1. The summed E-state index contributed by atoms with van der Waals surface area (Å²) in [5.41, 5.74) is 0.259. The van der Waals surface area contributed by atoms with E-state index in [1.165, 1.54) is 6.07 Å². The first-order valence-corrected chi connectivity index (χ1v) is 7.20. The molecule has 0 radical (unpaired) electrons. The fourth-order valence-electron chi connectivity index (χ4n) is 3.21. The molecule has 0 saturated carbocycles. The number of rotatable bonds is 3. The van der Waals surface area contributed by atoms with Crippen LogP contribution in [0.25, 0.3) is 0 Å². The topological polar surface area (TPSA) is 44.4 Å². The fourth-order valence-corrected chi connectivity index (χ4v) is 3.21. The summed E-state index contributed by atoms with van der Waals surface area (Å²) in [6, 6.07) is 6.27. The van der Waals surface area contributed by atoms with Gasteiger partial charge in [-0.2, -0.15) is 0 Å². The van der Waals surface area contributed by atoms with Gasteiger partial charge in [0, 0.05) is 6.54 Å². The Morgan fingerprint density at radius 2 is 2.15 bits per heavy atom. The van der Waals surface area contributed by atoms with Crippen molar-refractivity contribution in [2.24, 2.45) is 11.8 Å². The summed E-state index contributed by atoms with van der Waals surface area (Å²) in [5.74, 6) is 0.893. The molecule has 1 aromatic rings. The number of hydrogen-bond acceptors (Lipinski definition) is 3. The van der Waals surface area contributed by atoms with Crippen LogP contribution in [0.2, 0.25) is 0 Å². The first-order chi connectivity index (χ1) is 9.72. The Hall–Kier alpha value is -1.46. The molecular formula is C15H20FN3O. The van der Waals surface area contributed by atoms with E-state index in [2.05, 4.69) is 15.5 Å². The highest BCUT2D eigenvalue weighted by molar-refractivity contribution is 5.92.